The molecule has 0 amide bonds. The van der Waals surface area contributed by atoms with Gasteiger partial charge in [-0.15, -0.1) is 0 Å². The molecule has 1 fully saturated rings. The standard InChI is InChI=1S/C10H17N3S2/c11-9(8-4-2-1-3-5-8)6-14-10-12-7-13-15-10/h7-9H,1-6,11H2. The van der Waals surface area contributed by atoms with Gasteiger partial charge in [0.25, 0.3) is 0 Å². The highest BCUT2D eigenvalue weighted by Gasteiger charge is 2.20. The molecule has 1 atom stereocenters. The van der Waals surface area contributed by atoms with E-state index >= 15 is 0 Å². The maximum atomic E-state index is 6.20. The molecule has 0 bridgehead atoms. The summed E-state index contributed by atoms with van der Waals surface area (Å²) in [5, 5.41) is 0. The van der Waals surface area contributed by atoms with Crippen molar-refractivity contribution in [3.05, 3.63) is 6.33 Å². The van der Waals surface area contributed by atoms with Crippen LogP contribution in [0.25, 0.3) is 0 Å². The van der Waals surface area contributed by atoms with Crippen LogP contribution in [0, 0.1) is 5.92 Å². The zero-order valence-corrected chi connectivity index (χ0v) is 10.4. The average Bonchev–Trinajstić information content (AvgIpc) is 2.80. The van der Waals surface area contributed by atoms with Gasteiger partial charge in [0.1, 0.15) is 6.33 Å². The van der Waals surface area contributed by atoms with E-state index in [0.717, 1.165) is 16.0 Å². The first-order valence-electron chi connectivity index (χ1n) is 5.51. The van der Waals surface area contributed by atoms with Crippen LogP contribution < -0.4 is 5.73 Å². The van der Waals surface area contributed by atoms with Gasteiger partial charge in [0.15, 0.2) is 4.34 Å². The Kier molecular flexibility index (Phi) is 4.41. The Morgan fingerprint density at radius 3 is 2.93 bits per heavy atom. The van der Waals surface area contributed by atoms with Crippen LogP contribution in [0.1, 0.15) is 32.1 Å². The largest absolute Gasteiger partial charge is 0.327 e. The number of hydrogen-bond donors (Lipinski definition) is 1. The van der Waals surface area contributed by atoms with E-state index < -0.39 is 0 Å². The first kappa shape index (κ1) is 11.4. The van der Waals surface area contributed by atoms with Gasteiger partial charge >= 0.3 is 0 Å². The summed E-state index contributed by atoms with van der Waals surface area (Å²) < 4.78 is 5.02. The minimum absolute atomic E-state index is 0.333. The third-order valence-corrected chi connectivity index (χ3v) is 4.94. The van der Waals surface area contributed by atoms with Crippen LogP contribution in [0.15, 0.2) is 10.7 Å². The van der Waals surface area contributed by atoms with Crippen LogP contribution in [0.3, 0.4) is 0 Å². The molecule has 0 radical (unpaired) electrons. The topological polar surface area (TPSA) is 51.8 Å². The third kappa shape index (κ3) is 3.43. The van der Waals surface area contributed by atoms with Crippen molar-refractivity contribution < 1.29 is 0 Å². The van der Waals surface area contributed by atoms with Gasteiger partial charge in [-0.1, -0.05) is 31.0 Å². The summed E-state index contributed by atoms with van der Waals surface area (Å²) in [5.41, 5.74) is 6.20. The molecule has 1 saturated carbocycles. The fraction of sp³-hybridized carbons (Fsp3) is 0.800. The van der Waals surface area contributed by atoms with E-state index in [2.05, 4.69) is 9.36 Å². The lowest BCUT2D eigenvalue weighted by Gasteiger charge is -2.26. The number of nitrogens with two attached hydrogens (primary N) is 1. The summed E-state index contributed by atoms with van der Waals surface area (Å²) in [5.74, 6) is 1.72. The first-order chi connectivity index (χ1) is 7.36. The van der Waals surface area contributed by atoms with E-state index in [9.17, 15) is 0 Å². The van der Waals surface area contributed by atoms with Crippen LogP contribution in [-0.4, -0.2) is 21.2 Å². The Labute approximate surface area is 99.0 Å². The zero-order valence-electron chi connectivity index (χ0n) is 8.76. The molecule has 0 spiro atoms. The number of thioether (sulfide) groups is 1. The number of hydrogen-bond acceptors (Lipinski definition) is 5. The van der Waals surface area contributed by atoms with E-state index in [-0.39, 0.29) is 0 Å². The lowest BCUT2D eigenvalue weighted by atomic mass is 9.85. The first-order valence-corrected chi connectivity index (χ1v) is 7.27. The minimum Gasteiger partial charge on any atom is -0.327 e. The number of rotatable bonds is 4. The molecule has 0 aromatic carbocycles. The van der Waals surface area contributed by atoms with Gasteiger partial charge in [0.05, 0.1) is 0 Å². The maximum Gasteiger partial charge on any atom is 0.169 e. The summed E-state index contributed by atoms with van der Waals surface area (Å²) in [7, 11) is 0. The van der Waals surface area contributed by atoms with Crippen molar-refractivity contribution in [2.45, 2.75) is 42.5 Å². The van der Waals surface area contributed by atoms with Gasteiger partial charge in [-0.05, 0) is 30.3 Å². The van der Waals surface area contributed by atoms with E-state index in [1.54, 1.807) is 18.1 Å². The van der Waals surface area contributed by atoms with Crippen LogP contribution in [0.5, 0.6) is 0 Å². The van der Waals surface area contributed by atoms with E-state index in [0.29, 0.717) is 6.04 Å². The normalized spacial score (nSPS) is 20.3. The zero-order chi connectivity index (χ0) is 10.5. The lowest BCUT2D eigenvalue weighted by Crippen LogP contribution is -2.33. The quantitative estimate of drug-likeness (QED) is 0.826. The number of nitrogens with zero attached hydrogens (tertiary/aromatic N) is 2. The Hall–Kier alpha value is -0.130. The van der Waals surface area contributed by atoms with Gasteiger partial charge in [-0.3, -0.25) is 0 Å². The third-order valence-electron chi connectivity index (χ3n) is 3.00. The van der Waals surface area contributed by atoms with E-state index in [1.165, 1.54) is 43.6 Å². The van der Waals surface area contributed by atoms with Crippen molar-refractivity contribution in [3.63, 3.8) is 0 Å². The van der Waals surface area contributed by atoms with Crippen LogP contribution >= 0.6 is 23.3 Å². The summed E-state index contributed by atoms with van der Waals surface area (Å²) in [6.07, 6.45) is 8.37. The molecule has 1 aromatic heterocycles. The molecular weight excluding hydrogens is 226 g/mol. The van der Waals surface area contributed by atoms with Crippen LogP contribution in [-0.2, 0) is 0 Å². The Morgan fingerprint density at radius 2 is 2.27 bits per heavy atom. The molecule has 1 unspecified atom stereocenters. The van der Waals surface area contributed by atoms with E-state index in [4.69, 9.17) is 5.73 Å². The van der Waals surface area contributed by atoms with Gasteiger partial charge in [-0.25, -0.2) is 4.98 Å². The van der Waals surface area contributed by atoms with Crippen molar-refractivity contribution >= 4 is 23.3 Å². The van der Waals surface area contributed by atoms with Crippen molar-refractivity contribution in [2.24, 2.45) is 11.7 Å². The fourth-order valence-electron chi connectivity index (χ4n) is 2.09. The highest BCUT2D eigenvalue weighted by atomic mass is 32.2. The lowest BCUT2D eigenvalue weighted by molar-refractivity contribution is 0.319. The number of aromatic nitrogens is 2. The second-order valence-corrected chi connectivity index (χ2v) is 6.13. The predicted molar refractivity (Wildman–Crippen MR) is 65.2 cm³/mol. The summed E-state index contributed by atoms with van der Waals surface area (Å²) in [6.45, 7) is 0. The summed E-state index contributed by atoms with van der Waals surface area (Å²) in [4.78, 5) is 4.15. The monoisotopic (exact) mass is 243 g/mol. The average molecular weight is 243 g/mol. The SMILES string of the molecule is NC(CSc1ncns1)C1CCCCC1. The molecule has 3 nitrogen and oxygen atoms in total. The Morgan fingerprint density at radius 1 is 1.47 bits per heavy atom. The van der Waals surface area contributed by atoms with Crippen LogP contribution in [0.4, 0.5) is 0 Å². The predicted octanol–water partition coefficient (Wildman–Crippen LogP) is 2.54. The molecule has 84 valence electrons. The molecule has 1 aromatic rings. The molecule has 15 heavy (non-hydrogen) atoms. The molecule has 1 aliphatic rings. The van der Waals surface area contributed by atoms with Crippen LogP contribution in [0.2, 0.25) is 0 Å². The Balaban J connectivity index is 1.74. The van der Waals surface area contributed by atoms with Crippen molar-refractivity contribution in [1.82, 2.24) is 9.36 Å². The summed E-state index contributed by atoms with van der Waals surface area (Å²) >= 11 is 3.21. The van der Waals surface area contributed by atoms with Gasteiger partial charge in [-0.2, -0.15) is 4.37 Å². The van der Waals surface area contributed by atoms with Gasteiger partial charge in [0.2, 0.25) is 0 Å². The van der Waals surface area contributed by atoms with Crippen molar-refractivity contribution in [2.75, 3.05) is 5.75 Å². The van der Waals surface area contributed by atoms with Crippen molar-refractivity contribution in [3.8, 4) is 0 Å². The van der Waals surface area contributed by atoms with E-state index in [1.807, 2.05) is 0 Å². The molecule has 2 rings (SSSR count). The maximum absolute atomic E-state index is 6.20. The smallest absolute Gasteiger partial charge is 0.169 e. The second-order valence-electron chi connectivity index (χ2n) is 4.08. The Bertz CT molecular complexity index is 270. The van der Waals surface area contributed by atoms with Crippen molar-refractivity contribution in [1.29, 1.82) is 0 Å². The molecule has 0 aliphatic heterocycles. The molecule has 2 N–H and O–H groups in total. The highest BCUT2D eigenvalue weighted by Crippen LogP contribution is 2.28. The molecule has 1 heterocycles. The van der Waals surface area contributed by atoms with Gasteiger partial charge < -0.3 is 5.73 Å². The van der Waals surface area contributed by atoms with Gasteiger partial charge in [0, 0.05) is 11.8 Å². The highest BCUT2D eigenvalue weighted by molar-refractivity contribution is 8.00. The summed E-state index contributed by atoms with van der Waals surface area (Å²) in [6, 6.07) is 0.333. The second kappa shape index (κ2) is 5.82. The fourth-order valence-corrected chi connectivity index (χ4v) is 3.64. The molecule has 0 saturated heterocycles. The minimum atomic E-state index is 0.333. The molecular formula is C10H17N3S2. The molecule has 1 aliphatic carbocycles. The molecule has 5 heteroatoms.